The van der Waals surface area contributed by atoms with E-state index in [-0.39, 0.29) is 0 Å². The monoisotopic (exact) mass is 314 g/mol. The third-order valence-corrected chi connectivity index (χ3v) is 16.7. The van der Waals surface area contributed by atoms with Crippen LogP contribution in [0, 0.1) is 0 Å². The van der Waals surface area contributed by atoms with Gasteiger partial charge in [0.15, 0.2) is 0 Å². The molecule has 0 bridgehead atoms. The van der Waals surface area contributed by atoms with E-state index in [1.807, 2.05) is 0 Å². The molecule has 0 unspecified atom stereocenters. The molecule has 0 N–H and O–H groups in total. The van der Waals surface area contributed by atoms with Gasteiger partial charge in [0.05, 0.1) is 0 Å². The Morgan fingerprint density at radius 1 is 0.882 bits per heavy atom. The number of halogens is 2. The van der Waals surface area contributed by atoms with Gasteiger partial charge in [-0.1, -0.05) is 54.4 Å². The highest BCUT2D eigenvalue weighted by Crippen LogP contribution is 2.42. The van der Waals surface area contributed by atoms with Crippen molar-refractivity contribution in [2.24, 2.45) is 0 Å². The third-order valence-electron chi connectivity index (χ3n) is 3.16. The third kappa shape index (κ3) is 5.23. The average molecular weight is 315 g/mol. The highest BCUT2D eigenvalue weighted by molar-refractivity contribution is 7.26. The fourth-order valence-electron chi connectivity index (χ4n) is 2.16. The van der Waals surface area contributed by atoms with Crippen LogP contribution in [0.5, 0.6) is 0 Å². The Balaban J connectivity index is 4.92. The minimum Gasteiger partial charge on any atom is -0.432 e. The molecule has 0 radical (unpaired) electrons. The van der Waals surface area contributed by atoms with Crippen LogP contribution in [0.2, 0.25) is 23.2 Å². The fourth-order valence-corrected chi connectivity index (χ4v) is 14.1. The Bertz CT molecular complexity index is 209. The Morgan fingerprint density at radius 3 is 1.47 bits per heavy atom. The van der Waals surface area contributed by atoms with Gasteiger partial charge in [-0.3, -0.25) is 0 Å². The van der Waals surface area contributed by atoms with Gasteiger partial charge in [0.2, 0.25) is 0 Å². The molecule has 0 amide bonds. The van der Waals surface area contributed by atoms with Crippen molar-refractivity contribution in [2.75, 3.05) is 0 Å². The van der Waals surface area contributed by atoms with Gasteiger partial charge in [0, 0.05) is 0 Å². The Kier molecular flexibility index (Phi) is 7.97. The van der Waals surface area contributed by atoms with Crippen LogP contribution in [-0.2, 0) is 4.12 Å². The van der Waals surface area contributed by atoms with E-state index in [9.17, 15) is 0 Å². The van der Waals surface area contributed by atoms with E-state index in [2.05, 4.69) is 41.5 Å². The van der Waals surface area contributed by atoms with E-state index in [1.165, 1.54) is 0 Å². The van der Waals surface area contributed by atoms with E-state index < -0.39 is 15.3 Å². The lowest BCUT2D eigenvalue weighted by Gasteiger charge is -2.39. The first-order valence-corrected chi connectivity index (χ1v) is 13.2. The number of hydrogen-bond acceptors (Lipinski definition) is 1. The summed E-state index contributed by atoms with van der Waals surface area (Å²) in [5.41, 5.74) is 0.812. The topological polar surface area (TPSA) is 9.23 Å². The largest absolute Gasteiger partial charge is 0.432 e. The van der Waals surface area contributed by atoms with Crippen molar-refractivity contribution in [1.82, 2.24) is 0 Å². The zero-order chi connectivity index (χ0) is 13.7. The Morgan fingerprint density at radius 2 is 1.24 bits per heavy atom. The quantitative estimate of drug-likeness (QED) is 0.394. The lowest BCUT2D eigenvalue weighted by Crippen LogP contribution is -2.49. The second-order valence-corrected chi connectivity index (χ2v) is 16.6. The van der Waals surface area contributed by atoms with Crippen molar-refractivity contribution in [3.63, 3.8) is 0 Å². The first-order valence-electron chi connectivity index (χ1n) is 6.79. The fraction of sp³-hybridized carbons (Fsp3) is 1.00. The Hall–Kier alpha value is 0.974. The molecule has 0 saturated carbocycles. The maximum atomic E-state index is 6.83. The zero-order valence-electron chi connectivity index (χ0n) is 12.1. The SMILES string of the molecule is CCC[Si](Cl)(CCC)O[Si](Cl)(C(C)C)C(C)C. The van der Waals surface area contributed by atoms with Gasteiger partial charge in [0.25, 0.3) is 15.3 Å². The van der Waals surface area contributed by atoms with Crippen molar-refractivity contribution in [3.8, 4) is 0 Å². The summed E-state index contributed by atoms with van der Waals surface area (Å²) >= 11 is 13.6. The van der Waals surface area contributed by atoms with Crippen molar-refractivity contribution < 1.29 is 4.12 Å². The van der Waals surface area contributed by atoms with Gasteiger partial charge in [-0.2, -0.15) is 0 Å². The minimum atomic E-state index is -2.21. The first kappa shape index (κ1) is 18.0. The smallest absolute Gasteiger partial charge is 0.286 e. The van der Waals surface area contributed by atoms with E-state index in [4.69, 9.17) is 26.3 Å². The van der Waals surface area contributed by atoms with Crippen molar-refractivity contribution in [2.45, 2.75) is 77.6 Å². The van der Waals surface area contributed by atoms with Crippen LogP contribution in [0.1, 0.15) is 54.4 Å². The van der Waals surface area contributed by atoms with Gasteiger partial charge in [0.1, 0.15) is 0 Å². The lowest BCUT2D eigenvalue weighted by atomic mass is 10.5. The first-order chi connectivity index (χ1) is 7.72. The van der Waals surface area contributed by atoms with Crippen LogP contribution >= 0.6 is 22.2 Å². The standard InChI is InChI=1S/C12H28Cl2OSi2/c1-7-9-16(13,10-8-2)15-17(14,11(3)4)12(5)6/h11-12H,7-10H2,1-6H3. The van der Waals surface area contributed by atoms with Crippen LogP contribution in [0.25, 0.3) is 0 Å². The summed E-state index contributed by atoms with van der Waals surface area (Å²) in [5.74, 6) is 0. The number of hydrogen-bond donors (Lipinski definition) is 0. The summed E-state index contributed by atoms with van der Waals surface area (Å²) in [7, 11) is -4.32. The molecule has 0 aliphatic heterocycles. The van der Waals surface area contributed by atoms with E-state index in [0.29, 0.717) is 11.1 Å². The molecule has 0 aromatic rings. The second-order valence-electron chi connectivity index (χ2n) is 5.49. The van der Waals surface area contributed by atoms with Crippen molar-refractivity contribution in [3.05, 3.63) is 0 Å². The molecule has 0 aromatic heterocycles. The highest BCUT2D eigenvalue weighted by atomic mass is 35.6. The summed E-state index contributed by atoms with van der Waals surface area (Å²) < 4.78 is 6.44. The molecule has 1 nitrogen and oxygen atoms in total. The lowest BCUT2D eigenvalue weighted by molar-refractivity contribution is 0.517. The zero-order valence-corrected chi connectivity index (χ0v) is 15.7. The molecule has 104 valence electrons. The molecule has 0 atom stereocenters. The molecule has 0 rings (SSSR count). The maximum Gasteiger partial charge on any atom is 0.286 e. The minimum absolute atomic E-state index is 0.406. The van der Waals surface area contributed by atoms with Crippen LogP contribution in [0.15, 0.2) is 0 Å². The van der Waals surface area contributed by atoms with Crippen LogP contribution < -0.4 is 0 Å². The molecule has 0 aliphatic rings. The maximum absolute atomic E-state index is 6.83. The van der Waals surface area contributed by atoms with Gasteiger partial charge < -0.3 is 4.12 Å². The Labute approximate surface area is 119 Å². The number of rotatable bonds is 8. The van der Waals surface area contributed by atoms with Crippen LogP contribution in [-0.4, -0.2) is 15.3 Å². The highest BCUT2D eigenvalue weighted by Gasteiger charge is 2.47. The van der Waals surface area contributed by atoms with Crippen LogP contribution in [0.3, 0.4) is 0 Å². The van der Waals surface area contributed by atoms with Gasteiger partial charge >= 0.3 is 0 Å². The van der Waals surface area contributed by atoms with E-state index in [1.54, 1.807) is 0 Å². The molecule has 0 fully saturated rings. The summed E-state index contributed by atoms with van der Waals surface area (Å²) in [6.07, 6.45) is 2.18. The van der Waals surface area contributed by atoms with E-state index in [0.717, 1.165) is 24.9 Å². The molecule has 0 saturated heterocycles. The molecule has 0 spiro atoms. The van der Waals surface area contributed by atoms with Gasteiger partial charge in [-0.15, -0.1) is 22.2 Å². The predicted octanol–water partition coefficient (Wildman–Crippen LogP) is 6.01. The summed E-state index contributed by atoms with van der Waals surface area (Å²) in [6, 6.07) is 2.03. The second kappa shape index (κ2) is 7.54. The van der Waals surface area contributed by atoms with Crippen LogP contribution in [0.4, 0.5) is 0 Å². The predicted molar refractivity (Wildman–Crippen MR) is 84.7 cm³/mol. The van der Waals surface area contributed by atoms with Gasteiger partial charge in [-0.25, -0.2) is 0 Å². The van der Waals surface area contributed by atoms with Crippen molar-refractivity contribution >= 4 is 37.4 Å². The van der Waals surface area contributed by atoms with Crippen molar-refractivity contribution in [1.29, 1.82) is 0 Å². The summed E-state index contributed by atoms with van der Waals surface area (Å²) in [5, 5.41) is 0. The molecule has 5 heteroatoms. The molecule has 17 heavy (non-hydrogen) atoms. The summed E-state index contributed by atoms with van der Waals surface area (Å²) in [4.78, 5) is 0. The van der Waals surface area contributed by atoms with Gasteiger partial charge in [-0.05, 0) is 23.2 Å². The average Bonchev–Trinajstić information content (AvgIpc) is 2.17. The molecule has 0 heterocycles. The molecule has 0 aromatic carbocycles. The molecular weight excluding hydrogens is 287 g/mol. The van der Waals surface area contributed by atoms with E-state index >= 15 is 0 Å². The molecular formula is C12H28Cl2OSi2. The summed E-state index contributed by atoms with van der Waals surface area (Å²) in [6.45, 7) is 13.0. The normalized spacial score (nSPS) is 13.8. The molecule has 0 aliphatic carbocycles.